The van der Waals surface area contributed by atoms with Gasteiger partial charge < -0.3 is 10.4 Å². The molecule has 3 heteroatoms. The number of carbonyl (C=O) groups excluding carboxylic acids is 1. The molecular formula is C19H23NO2. The number of carbonyl (C=O) groups is 1. The maximum absolute atomic E-state index is 12.0. The molecule has 0 unspecified atom stereocenters. The Morgan fingerprint density at radius 2 is 1.73 bits per heavy atom. The summed E-state index contributed by atoms with van der Waals surface area (Å²) in [7, 11) is 0. The fraction of sp³-hybridized carbons (Fsp3) is 0.316. The summed E-state index contributed by atoms with van der Waals surface area (Å²) in [6, 6.07) is 16.0. The van der Waals surface area contributed by atoms with Crippen molar-refractivity contribution >= 4 is 5.91 Å². The monoisotopic (exact) mass is 297 g/mol. The third kappa shape index (κ3) is 3.95. The van der Waals surface area contributed by atoms with E-state index in [4.69, 9.17) is 5.11 Å². The lowest BCUT2D eigenvalue weighted by Crippen LogP contribution is -2.26. The van der Waals surface area contributed by atoms with Crippen molar-refractivity contribution in [3.8, 4) is 11.1 Å². The molecule has 2 aromatic carbocycles. The average Bonchev–Trinajstić information content (AvgIpc) is 2.52. The Bertz CT molecular complexity index is 639. The second-order valence-corrected chi connectivity index (χ2v) is 6.39. The van der Waals surface area contributed by atoms with Crippen LogP contribution in [0.2, 0.25) is 0 Å². The Hall–Kier alpha value is -2.13. The summed E-state index contributed by atoms with van der Waals surface area (Å²) >= 11 is 0. The van der Waals surface area contributed by atoms with Crippen LogP contribution in [-0.2, 0) is 5.41 Å². The van der Waals surface area contributed by atoms with Gasteiger partial charge in [0.05, 0.1) is 6.61 Å². The lowest BCUT2D eigenvalue weighted by atomic mass is 9.86. The zero-order chi connectivity index (χ0) is 16.2. The molecule has 0 aliphatic rings. The normalized spacial score (nSPS) is 11.3. The predicted octanol–water partition coefficient (Wildman–Crippen LogP) is 3.37. The van der Waals surface area contributed by atoms with Gasteiger partial charge in [-0.3, -0.25) is 4.79 Å². The molecule has 0 heterocycles. The van der Waals surface area contributed by atoms with Crippen molar-refractivity contribution in [3.05, 3.63) is 59.7 Å². The van der Waals surface area contributed by atoms with E-state index in [0.29, 0.717) is 5.56 Å². The standard InChI is InChI=1S/C19H23NO2/c1-19(2,3)17-9-7-14(8-10-17)15-5-4-6-16(13-15)18(22)20-11-12-21/h4-10,13,21H,11-12H2,1-3H3,(H,20,22). The van der Waals surface area contributed by atoms with E-state index < -0.39 is 0 Å². The van der Waals surface area contributed by atoms with Gasteiger partial charge in [0.25, 0.3) is 5.91 Å². The van der Waals surface area contributed by atoms with E-state index in [0.717, 1.165) is 11.1 Å². The Morgan fingerprint density at radius 3 is 2.32 bits per heavy atom. The highest BCUT2D eigenvalue weighted by Gasteiger charge is 2.13. The molecule has 0 spiro atoms. The van der Waals surface area contributed by atoms with Gasteiger partial charge in [-0.05, 0) is 34.2 Å². The summed E-state index contributed by atoms with van der Waals surface area (Å²) < 4.78 is 0. The van der Waals surface area contributed by atoms with Gasteiger partial charge in [0, 0.05) is 12.1 Å². The van der Waals surface area contributed by atoms with E-state index >= 15 is 0 Å². The molecule has 22 heavy (non-hydrogen) atoms. The smallest absolute Gasteiger partial charge is 0.251 e. The van der Waals surface area contributed by atoms with E-state index in [-0.39, 0.29) is 24.5 Å². The molecule has 2 rings (SSSR count). The van der Waals surface area contributed by atoms with Gasteiger partial charge in [-0.15, -0.1) is 0 Å². The first-order chi connectivity index (χ1) is 10.4. The molecule has 0 fully saturated rings. The van der Waals surface area contributed by atoms with Crippen molar-refractivity contribution in [2.45, 2.75) is 26.2 Å². The molecule has 0 radical (unpaired) electrons. The third-order valence-electron chi connectivity index (χ3n) is 3.61. The van der Waals surface area contributed by atoms with Crippen LogP contribution in [0, 0.1) is 0 Å². The van der Waals surface area contributed by atoms with Crippen molar-refractivity contribution in [1.82, 2.24) is 5.32 Å². The molecule has 0 aromatic heterocycles. The van der Waals surface area contributed by atoms with Crippen LogP contribution in [0.1, 0.15) is 36.7 Å². The van der Waals surface area contributed by atoms with Gasteiger partial charge >= 0.3 is 0 Å². The van der Waals surface area contributed by atoms with E-state index in [2.05, 4.69) is 50.4 Å². The predicted molar refractivity (Wildman–Crippen MR) is 90.0 cm³/mol. The summed E-state index contributed by atoms with van der Waals surface area (Å²) in [5.41, 5.74) is 4.12. The van der Waals surface area contributed by atoms with E-state index in [1.54, 1.807) is 6.07 Å². The topological polar surface area (TPSA) is 49.3 Å². The number of rotatable bonds is 4. The van der Waals surface area contributed by atoms with Gasteiger partial charge in [0.2, 0.25) is 0 Å². The van der Waals surface area contributed by atoms with Crippen LogP contribution in [-0.4, -0.2) is 24.2 Å². The van der Waals surface area contributed by atoms with Gasteiger partial charge in [-0.25, -0.2) is 0 Å². The molecular weight excluding hydrogens is 274 g/mol. The Labute approximate surface area is 132 Å². The summed E-state index contributed by atoms with van der Waals surface area (Å²) in [6.07, 6.45) is 0. The van der Waals surface area contributed by atoms with Crippen molar-refractivity contribution < 1.29 is 9.90 Å². The van der Waals surface area contributed by atoms with E-state index in [1.165, 1.54) is 5.56 Å². The molecule has 0 saturated heterocycles. The number of hydrogen-bond donors (Lipinski definition) is 2. The third-order valence-corrected chi connectivity index (χ3v) is 3.61. The lowest BCUT2D eigenvalue weighted by molar-refractivity contribution is 0.0945. The summed E-state index contributed by atoms with van der Waals surface area (Å²) in [4.78, 5) is 12.0. The van der Waals surface area contributed by atoms with E-state index in [1.807, 2.05) is 18.2 Å². The first-order valence-corrected chi connectivity index (χ1v) is 7.52. The summed E-state index contributed by atoms with van der Waals surface area (Å²) in [5, 5.41) is 11.4. The van der Waals surface area contributed by atoms with Gasteiger partial charge in [0.1, 0.15) is 0 Å². The maximum atomic E-state index is 12.0. The molecule has 0 bridgehead atoms. The number of nitrogens with one attached hydrogen (secondary N) is 1. The van der Waals surface area contributed by atoms with Crippen molar-refractivity contribution in [2.75, 3.05) is 13.2 Å². The highest BCUT2D eigenvalue weighted by atomic mass is 16.3. The molecule has 2 aromatic rings. The number of aliphatic hydroxyl groups excluding tert-OH is 1. The minimum Gasteiger partial charge on any atom is -0.395 e. The van der Waals surface area contributed by atoms with Crippen molar-refractivity contribution in [2.24, 2.45) is 0 Å². The highest BCUT2D eigenvalue weighted by Crippen LogP contribution is 2.26. The first-order valence-electron chi connectivity index (χ1n) is 7.52. The van der Waals surface area contributed by atoms with Gasteiger partial charge in [-0.1, -0.05) is 57.2 Å². The average molecular weight is 297 g/mol. The van der Waals surface area contributed by atoms with E-state index in [9.17, 15) is 4.79 Å². The van der Waals surface area contributed by atoms with Crippen LogP contribution in [0.25, 0.3) is 11.1 Å². The number of benzene rings is 2. The summed E-state index contributed by atoms with van der Waals surface area (Å²) in [6.45, 7) is 6.78. The molecule has 0 saturated carbocycles. The maximum Gasteiger partial charge on any atom is 0.251 e. The Balaban J connectivity index is 2.24. The fourth-order valence-corrected chi connectivity index (χ4v) is 2.27. The minimum absolute atomic E-state index is 0.0559. The first kappa shape index (κ1) is 16.2. The lowest BCUT2D eigenvalue weighted by Gasteiger charge is -2.19. The second-order valence-electron chi connectivity index (χ2n) is 6.39. The molecule has 116 valence electrons. The molecule has 0 aliphatic carbocycles. The van der Waals surface area contributed by atoms with Crippen LogP contribution >= 0.6 is 0 Å². The molecule has 2 N–H and O–H groups in total. The van der Waals surface area contributed by atoms with Crippen LogP contribution in [0.3, 0.4) is 0 Å². The zero-order valence-electron chi connectivity index (χ0n) is 13.4. The Kier molecular flexibility index (Phi) is 4.99. The van der Waals surface area contributed by atoms with Crippen molar-refractivity contribution in [1.29, 1.82) is 0 Å². The molecule has 1 amide bonds. The number of hydrogen-bond acceptors (Lipinski definition) is 2. The minimum atomic E-state index is -0.165. The largest absolute Gasteiger partial charge is 0.395 e. The Morgan fingerprint density at radius 1 is 1.05 bits per heavy atom. The fourth-order valence-electron chi connectivity index (χ4n) is 2.27. The van der Waals surface area contributed by atoms with Crippen molar-refractivity contribution in [3.63, 3.8) is 0 Å². The SMILES string of the molecule is CC(C)(C)c1ccc(-c2cccc(C(=O)NCCO)c2)cc1. The van der Waals surface area contributed by atoms with Gasteiger partial charge in [-0.2, -0.15) is 0 Å². The second kappa shape index (κ2) is 6.75. The van der Waals surface area contributed by atoms with Crippen LogP contribution < -0.4 is 5.32 Å². The highest BCUT2D eigenvalue weighted by molar-refractivity contribution is 5.95. The van der Waals surface area contributed by atoms with Gasteiger partial charge in [0.15, 0.2) is 0 Å². The molecule has 3 nitrogen and oxygen atoms in total. The quantitative estimate of drug-likeness (QED) is 0.909. The molecule has 0 aliphatic heterocycles. The van der Waals surface area contributed by atoms with Crippen LogP contribution in [0.15, 0.2) is 48.5 Å². The molecule has 0 atom stereocenters. The number of amides is 1. The van der Waals surface area contributed by atoms with Crippen LogP contribution in [0.5, 0.6) is 0 Å². The number of aliphatic hydroxyl groups is 1. The zero-order valence-corrected chi connectivity index (χ0v) is 13.4. The van der Waals surface area contributed by atoms with Crippen LogP contribution in [0.4, 0.5) is 0 Å². The summed E-state index contributed by atoms with van der Waals surface area (Å²) in [5.74, 6) is -0.165.